The number of nitro groups is 1. The van der Waals surface area contributed by atoms with Gasteiger partial charge in [0.15, 0.2) is 0 Å². The summed E-state index contributed by atoms with van der Waals surface area (Å²) in [7, 11) is 0. The van der Waals surface area contributed by atoms with E-state index in [0.717, 1.165) is 12.1 Å². The van der Waals surface area contributed by atoms with Gasteiger partial charge in [-0.3, -0.25) is 10.1 Å². The molecule has 2 aromatic rings. The van der Waals surface area contributed by atoms with E-state index < -0.39 is 16.7 Å². The molecule has 22 heavy (non-hydrogen) atoms. The third-order valence-electron chi connectivity index (χ3n) is 3.27. The molecule has 0 N–H and O–H groups in total. The van der Waals surface area contributed by atoms with E-state index in [1.54, 1.807) is 0 Å². The van der Waals surface area contributed by atoms with Crippen LogP contribution in [0.4, 0.5) is 18.9 Å². The molecule has 7 heteroatoms. The first-order valence-corrected chi connectivity index (χ1v) is 7.17. The lowest BCUT2D eigenvalue weighted by Gasteiger charge is -2.14. The Morgan fingerprint density at radius 1 is 1.14 bits per heavy atom. The highest BCUT2D eigenvalue weighted by molar-refractivity contribution is 9.10. The van der Waals surface area contributed by atoms with Crippen molar-refractivity contribution in [2.24, 2.45) is 0 Å². The number of nitro benzene ring substituents is 1. The van der Waals surface area contributed by atoms with Gasteiger partial charge in [-0.05, 0) is 35.7 Å². The molecule has 0 saturated carbocycles. The van der Waals surface area contributed by atoms with Gasteiger partial charge in [0.05, 0.1) is 10.5 Å². The highest BCUT2D eigenvalue weighted by atomic mass is 79.9. The summed E-state index contributed by atoms with van der Waals surface area (Å²) >= 11 is 3.25. The monoisotopic (exact) mass is 373 g/mol. The lowest BCUT2D eigenvalue weighted by molar-refractivity contribution is -0.384. The summed E-state index contributed by atoms with van der Waals surface area (Å²) in [6.45, 7) is 1.82. The molecule has 116 valence electrons. The van der Waals surface area contributed by atoms with E-state index in [1.807, 2.05) is 6.92 Å². The van der Waals surface area contributed by atoms with Gasteiger partial charge in [0.2, 0.25) is 0 Å². The molecule has 0 unspecified atom stereocenters. The van der Waals surface area contributed by atoms with Crippen LogP contribution in [0, 0.1) is 10.1 Å². The number of nitrogens with zero attached hydrogens (tertiary/aromatic N) is 1. The van der Waals surface area contributed by atoms with E-state index in [4.69, 9.17) is 0 Å². The van der Waals surface area contributed by atoms with Crippen LogP contribution in [0.15, 0.2) is 40.9 Å². The number of rotatable bonds is 3. The Bertz CT molecular complexity index is 729. The quantitative estimate of drug-likeness (QED) is 0.518. The Kier molecular flexibility index (Phi) is 4.55. The molecule has 0 atom stereocenters. The van der Waals surface area contributed by atoms with Crippen LogP contribution in [0.3, 0.4) is 0 Å². The molecule has 3 nitrogen and oxygen atoms in total. The predicted molar refractivity (Wildman–Crippen MR) is 80.6 cm³/mol. The first-order valence-electron chi connectivity index (χ1n) is 6.38. The molecular weight excluding hydrogens is 363 g/mol. The van der Waals surface area contributed by atoms with Crippen LogP contribution in [0.5, 0.6) is 0 Å². The fourth-order valence-corrected chi connectivity index (χ4v) is 2.61. The number of hydrogen-bond donors (Lipinski definition) is 0. The van der Waals surface area contributed by atoms with Crippen molar-refractivity contribution in [2.75, 3.05) is 0 Å². The fraction of sp³-hybridized carbons (Fsp3) is 0.200. The topological polar surface area (TPSA) is 43.1 Å². The largest absolute Gasteiger partial charge is 0.416 e. The van der Waals surface area contributed by atoms with E-state index in [9.17, 15) is 23.3 Å². The minimum atomic E-state index is -4.46. The summed E-state index contributed by atoms with van der Waals surface area (Å²) in [6.07, 6.45) is -3.95. The fourth-order valence-electron chi connectivity index (χ4n) is 2.15. The highest BCUT2D eigenvalue weighted by Crippen LogP contribution is 2.38. The third-order valence-corrected chi connectivity index (χ3v) is 3.96. The predicted octanol–water partition coefficient (Wildman–Crippen LogP) is 5.61. The maximum absolute atomic E-state index is 12.9. The minimum absolute atomic E-state index is 0.169. The molecule has 0 radical (unpaired) electrons. The van der Waals surface area contributed by atoms with E-state index >= 15 is 0 Å². The van der Waals surface area contributed by atoms with Gasteiger partial charge < -0.3 is 0 Å². The second-order valence-electron chi connectivity index (χ2n) is 4.64. The van der Waals surface area contributed by atoms with Crippen LogP contribution < -0.4 is 0 Å². The Balaban J connectivity index is 2.70. The second-order valence-corrected chi connectivity index (χ2v) is 5.50. The number of halogens is 4. The van der Waals surface area contributed by atoms with Gasteiger partial charge in [0, 0.05) is 22.2 Å². The van der Waals surface area contributed by atoms with Gasteiger partial charge in [-0.2, -0.15) is 13.2 Å². The molecule has 2 rings (SSSR count). The highest BCUT2D eigenvalue weighted by Gasteiger charge is 2.31. The van der Waals surface area contributed by atoms with Crippen LogP contribution in [0.2, 0.25) is 0 Å². The zero-order valence-electron chi connectivity index (χ0n) is 11.4. The summed E-state index contributed by atoms with van der Waals surface area (Å²) in [4.78, 5) is 10.3. The maximum atomic E-state index is 12.9. The lowest BCUT2D eigenvalue weighted by Crippen LogP contribution is -2.06. The lowest BCUT2D eigenvalue weighted by atomic mass is 9.95. The summed E-state index contributed by atoms with van der Waals surface area (Å²) < 4.78 is 39.2. The molecule has 0 amide bonds. The second kappa shape index (κ2) is 6.08. The Hall–Kier alpha value is -1.89. The summed E-state index contributed by atoms with van der Waals surface area (Å²) in [5.74, 6) is 0. The van der Waals surface area contributed by atoms with Gasteiger partial charge in [-0.1, -0.05) is 28.9 Å². The van der Waals surface area contributed by atoms with Crippen LogP contribution in [-0.2, 0) is 12.6 Å². The van der Waals surface area contributed by atoms with Gasteiger partial charge in [-0.25, -0.2) is 0 Å². The normalized spacial score (nSPS) is 11.5. The van der Waals surface area contributed by atoms with E-state index in [2.05, 4.69) is 15.9 Å². The van der Waals surface area contributed by atoms with Crippen molar-refractivity contribution in [1.29, 1.82) is 0 Å². The van der Waals surface area contributed by atoms with Crippen LogP contribution in [-0.4, -0.2) is 4.92 Å². The van der Waals surface area contributed by atoms with E-state index in [1.165, 1.54) is 24.3 Å². The first-order chi connectivity index (χ1) is 10.2. The van der Waals surface area contributed by atoms with Crippen LogP contribution >= 0.6 is 15.9 Å². The molecule has 0 aliphatic heterocycles. The zero-order chi connectivity index (χ0) is 16.5. The van der Waals surface area contributed by atoms with Gasteiger partial charge in [0.1, 0.15) is 0 Å². The SMILES string of the molecule is CCc1ccc(C(F)(F)F)cc1-c1cc([N+](=O)[O-])ccc1Br. The van der Waals surface area contributed by atoms with E-state index in [-0.39, 0.29) is 5.69 Å². The number of hydrogen-bond acceptors (Lipinski definition) is 2. The van der Waals surface area contributed by atoms with Crippen molar-refractivity contribution in [3.05, 3.63) is 62.1 Å². The standard InChI is InChI=1S/C15H11BrF3NO2/c1-2-9-3-4-10(15(17,18)19)7-12(9)13-8-11(20(21)22)5-6-14(13)16/h3-8H,2H2,1H3. The van der Waals surface area contributed by atoms with Crippen molar-refractivity contribution in [2.45, 2.75) is 19.5 Å². The molecule has 0 aliphatic carbocycles. The number of benzene rings is 2. The maximum Gasteiger partial charge on any atom is 0.416 e. The Labute approximate surface area is 133 Å². The smallest absolute Gasteiger partial charge is 0.258 e. The molecule has 0 heterocycles. The third kappa shape index (κ3) is 3.30. The molecule has 0 saturated heterocycles. The van der Waals surface area contributed by atoms with Crippen molar-refractivity contribution in [3.63, 3.8) is 0 Å². The van der Waals surface area contributed by atoms with Crippen LogP contribution in [0.1, 0.15) is 18.1 Å². The average Bonchev–Trinajstić information content (AvgIpc) is 2.46. The molecule has 0 spiro atoms. The van der Waals surface area contributed by atoms with Gasteiger partial charge in [-0.15, -0.1) is 0 Å². The summed E-state index contributed by atoms with van der Waals surface area (Å²) in [5, 5.41) is 10.9. The molecule has 0 aliphatic rings. The van der Waals surface area contributed by atoms with Crippen molar-refractivity contribution >= 4 is 21.6 Å². The average molecular weight is 374 g/mol. The first kappa shape index (κ1) is 16.5. The Morgan fingerprint density at radius 3 is 2.36 bits per heavy atom. The molecular formula is C15H11BrF3NO2. The number of non-ortho nitro benzene ring substituents is 1. The number of alkyl halides is 3. The zero-order valence-corrected chi connectivity index (χ0v) is 13.0. The van der Waals surface area contributed by atoms with Crippen molar-refractivity contribution < 1.29 is 18.1 Å². The molecule has 2 aromatic carbocycles. The Morgan fingerprint density at radius 2 is 1.82 bits per heavy atom. The van der Waals surface area contributed by atoms with Crippen LogP contribution in [0.25, 0.3) is 11.1 Å². The molecule has 0 bridgehead atoms. The van der Waals surface area contributed by atoms with Crippen molar-refractivity contribution in [3.8, 4) is 11.1 Å². The van der Waals surface area contributed by atoms with Gasteiger partial charge in [0.25, 0.3) is 5.69 Å². The van der Waals surface area contributed by atoms with Gasteiger partial charge >= 0.3 is 6.18 Å². The summed E-state index contributed by atoms with van der Waals surface area (Å²) in [6, 6.07) is 7.50. The molecule has 0 aromatic heterocycles. The minimum Gasteiger partial charge on any atom is -0.258 e. The summed E-state index contributed by atoms with van der Waals surface area (Å²) in [5.41, 5.74) is 0.454. The number of aryl methyl sites for hydroxylation is 1. The van der Waals surface area contributed by atoms with Crippen molar-refractivity contribution in [1.82, 2.24) is 0 Å². The van der Waals surface area contributed by atoms with E-state index in [0.29, 0.717) is 27.6 Å². The molecule has 0 fully saturated rings.